The smallest absolute Gasteiger partial charge is 0.331 e. The molecule has 2 aromatic heterocycles. The molecule has 0 bridgehead atoms. The Hall–Kier alpha value is -2.96. The lowest BCUT2D eigenvalue weighted by Crippen LogP contribution is -2.14. The van der Waals surface area contributed by atoms with Gasteiger partial charge in [0, 0.05) is 17.2 Å². The molecule has 2 aromatic carbocycles. The van der Waals surface area contributed by atoms with Crippen LogP contribution in [-0.4, -0.2) is 15.4 Å². The Balaban J connectivity index is 1.51. The predicted molar refractivity (Wildman–Crippen MR) is 107 cm³/mol. The zero-order chi connectivity index (χ0) is 18.8. The van der Waals surface area contributed by atoms with Crippen LogP contribution in [0.4, 0.5) is 0 Å². The zero-order valence-corrected chi connectivity index (χ0v) is 15.5. The third-order valence-corrected chi connectivity index (χ3v) is 5.13. The van der Waals surface area contributed by atoms with Gasteiger partial charge in [-0.25, -0.2) is 9.78 Å². The zero-order valence-electron chi connectivity index (χ0n) is 14.0. The van der Waals surface area contributed by atoms with Crippen molar-refractivity contribution in [3.05, 3.63) is 87.3 Å². The van der Waals surface area contributed by atoms with Crippen LogP contribution >= 0.6 is 22.9 Å². The van der Waals surface area contributed by atoms with Crippen LogP contribution in [-0.2, 0) is 16.1 Å². The maximum absolute atomic E-state index is 12.4. The summed E-state index contributed by atoms with van der Waals surface area (Å²) in [6, 6.07) is 16.1. The number of para-hydroxylation sites is 1. The molecule has 0 saturated heterocycles. The molecule has 0 radical (unpaired) electrons. The lowest BCUT2D eigenvalue weighted by molar-refractivity contribution is -0.139. The minimum Gasteiger partial charge on any atom is -0.456 e. The summed E-state index contributed by atoms with van der Waals surface area (Å²) in [5, 5.41) is 0.590. The van der Waals surface area contributed by atoms with Crippen molar-refractivity contribution in [2.24, 2.45) is 0 Å². The summed E-state index contributed by atoms with van der Waals surface area (Å²) in [4.78, 5) is 29.3. The van der Waals surface area contributed by atoms with Crippen LogP contribution in [0.25, 0.3) is 21.3 Å². The van der Waals surface area contributed by atoms with Crippen LogP contribution in [0.3, 0.4) is 0 Å². The van der Waals surface area contributed by atoms with Crippen molar-refractivity contribution in [2.75, 3.05) is 0 Å². The Kier molecular flexibility index (Phi) is 4.75. The van der Waals surface area contributed by atoms with Crippen LogP contribution < -0.4 is 5.56 Å². The maximum Gasteiger partial charge on any atom is 0.331 e. The van der Waals surface area contributed by atoms with E-state index in [1.54, 1.807) is 28.7 Å². The van der Waals surface area contributed by atoms with Gasteiger partial charge < -0.3 is 4.74 Å². The first-order valence-corrected chi connectivity index (χ1v) is 9.30. The topological polar surface area (TPSA) is 60.7 Å². The number of carbonyl (C=O) groups excluding carboxylic acids is 1. The van der Waals surface area contributed by atoms with E-state index in [4.69, 9.17) is 16.3 Å². The summed E-state index contributed by atoms with van der Waals surface area (Å²) >= 11 is 7.32. The van der Waals surface area contributed by atoms with Gasteiger partial charge in [-0.15, -0.1) is 0 Å². The van der Waals surface area contributed by atoms with Crippen LogP contribution in [0.1, 0.15) is 11.3 Å². The molecule has 4 rings (SSSR count). The normalized spacial score (nSPS) is 11.4. The first-order chi connectivity index (χ1) is 13.1. The van der Waals surface area contributed by atoms with Crippen LogP contribution in [0, 0.1) is 0 Å². The number of nitrogens with zero attached hydrogens (tertiary/aromatic N) is 2. The maximum atomic E-state index is 12.4. The van der Waals surface area contributed by atoms with Crippen LogP contribution in [0.5, 0.6) is 0 Å². The van der Waals surface area contributed by atoms with E-state index in [0.29, 0.717) is 15.7 Å². The molecule has 0 spiro atoms. The minimum atomic E-state index is -0.520. The van der Waals surface area contributed by atoms with Gasteiger partial charge in [0.1, 0.15) is 6.61 Å². The molecule has 4 aromatic rings. The molecule has 0 N–H and O–H groups in total. The number of esters is 1. The summed E-state index contributed by atoms with van der Waals surface area (Å²) in [6.45, 7) is -0.0707. The number of rotatable bonds is 4. The number of ether oxygens (including phenoxy) is 1. The number of hydrogen-bond acceptors (Lipinski definition) is 5. The average molecular weight is 397 g/mol. The van der Waals surface area contributed by atoms with E-state index < -0.39 is 5.97 Å². The summed E-state index contributed by atoms with van der Waals surface area (Å²) in [5.74, 6) is -0.520. The SMILES string of the molecule is O=C(C=Cc1cccc(Cl)c1)OCc1cc(=O)n2c(n1)sc1ccccc12. The second-order valence-electron chi connectivity index (χ2n) is 5.77. The molecular weight excluding hydrogens is 384 g/mol. The Morgan fingerprint density at radius 1 is 1.19 bits per heavy atom. The first-order valence-electron chi connectivity index (χ1n) is 8.11. The van der Waals surface area contributed by atoms with Gasteiger partial charge in [-0.2, -0.15) is 0 Å². The first kappa shape index (κ1) is 17.5. The number of fused-ring (bicyclic) bond motifs is 3. The van der Waals surface area contributed by atoms with Gasteiger partial charge in [0.05, 0.1) is 15.9 Å². The molecule has 0 aliphatic carbocycles. The van der Waals surface area contributed by atoms with Gasteiger partial charge in [-0.3, -0.25) is 9.20 Å². The lowest BCUT2D eigenvalue weighted by Gasteiger charge is -2.02. The second-order valence-corrected chi connectivity index (χ2v) is 7.22. The van der Waals surface area contributed by atoms with Gasteiger partial charge >= 0.3 is 5.97 Å². The van der Waals surface area contributed by atoms with Crippen molar-refractivity contribution in [1.29, 1.82) is 0 Å². The van der Waals surface area contributed by atoms with E-state index in [-0.39, 0.29) is 12.2 Å². The van der Waals surface area contributed by atoms with E-state index in [0.717, 1.165) is 15.8 Å². The van der Waals surface area contributed by atoms with E-state index in [2.05, 4.69) is 4.98 Å². The highest BCUT2D eigenvalue weighted by Crippen LogP contribution is 2.23. The fourth-order valence-corrected chi connectivity index (χ4v) is 3.91. The Labute approximate surface area is 163 Å². The molecule has 5 nitrogen and oxygen atoms in total. The highest BCUT2D eigenvalue weighted by molar-refractivity contribution is 7.23. The summed E-state index contributed by atoms with van der Waals surface area (Å²) in [6.07, 6.45) is 2.93. The van der Waals surface area contributed by atoms with Crippen molar-refractivity contribution in [3.63, 3.8) is 0 Å². The molecule has 0 aliphatic rings. The predicted octanol–water partition coefficient (Wildman–Crippen LogP) is 4.32. The third-order valence-electron chi connectivity index (χ3n) is 3.87. The number of hydrogen-bond donors (Lipinski definition) is 0. The van der Waals surface area contributed by atoms with Crippen LogP contribution in [0.2, 0.25) is 5.02 Å². The molecule has 0 fully saturated rings. The molecule has 0 unspecified atom stereocenters. The molecule has 27 heavy (non-hydrogen) atoms. The van der Waals surface area contributed by atoms with E-state index in [1.807, 2.05) is 30.3 Å². The summed E-state index contributed by atoms with van der Waals surface area (Å²) < 4.78 is 7.73. The molecule has 0 saturated carbocycles. The van der Waals surface area contributed by atoms with Crippen molar-refractivity contribution < 1.29 is 9.53 Å². The fourth-order valence-electron chi connectivity index (χ4n) is 2.66. The number of thiazole rings is 1. The average Bonchev–Trinajstić information content (AvgIpc) is 3.03. The molecule has 134 valence electrons. The monoisotopic (exact) mass is 396 g/mol. The van der Waals surface area contributed by atoms with Gasteiger partial charge in [0.15, 0.2) is 4.96 Å². The molecule has 2 heterocycles. The Morgan fingerprint density at radius 3 is 2.89 bits per heavy atom. The minimum absolute atomic E-state index is 0.0707. The fraction of sp³-hybridized carbons (Fsp3) is 0.0500. The molecule has 7 heteroatoms. The van der Waals surface area contributed by atoms with Gasteiger partial charge in [-0.1, -0.05) is 47.2 Å². The van der Waals surface area contributed by atoms with Gasteiger partial charge in [-0.05, 0) is 35.9 Å². The lowest BCUT2D eigenvalue weighted by atomic mass is 10.2. The Bertz CT molecular complexity index is 1240. The number of carbonyl (C=O) groups is 1. The number of halogens is 1. The number of aromatic nitrogens is 2. The summed E-state index contributed by atoms with van der Waals surface area (Å²) in [5.41, 5.74) is 1.83. The highest BCUT2D eigenvalue weighted by atomic mass is 35.5. The van der Waals surface area contributed by atoms with Gasteiger partial charge in [0.2, 0.25) is 0 Å². The van der Waals surface area contributed by atoms with Crippen LogP contribution in [0.15, 0.2) is 65.5 Å². The second kappa shape index (κ2) is 7.34. The molecule has 0 atom stereocenters. The Morgan fingerprint density at radius 2 is 2.04 bits per heavy atom. The highest BCUT2D eigenvalue weighted by Gasteiger charge is 2.10. The molecule has 0 aliphatic heterocycles. The van der Waals surface area contributed by atoms with Gasteiger partial charge in [0.25, 0.3) is 5.56 Å². The van der Waals surface area contributed by atoms with Crippen molar-refractivity contribution in [3.8, 4) is 0 Å². The molecular formula is C20H13ClN2O3S. The largest absolute Gasteiger partial charge is 0.456 e. The van der Waals surface area contributed by atoms with Crippen molar-refractivity contribution in [2.45, 2.75) is 6.61 Å². The van der Waals surface area contributed by atoms with E-state index in [1.165, 1.54) is 23.5 Å². The van der Waals surface area contributed by atoms with E-state index >= 15 is 0 Å². The van der Waals surface area contributed by atoms with Crippen molar-refractivity contribution >= 4 is 50.2 Å². The standard InChI is InChI=1S/C20H13ClN2O3S/c21-14-5-3-4-13(10-14)8-9-19(25)26-12-15-11-18(24)23-16-6-1-2-7-17(16)27-20(23)22-15/h1-11H,12H2. The van der Waals surface area contributed by atoms with Crippen molar-refractivity contribution in [1.82, 2.24) is 9.38 Å². The number of benzene rings is 2. The third kappa shape index (κ3) is 3.77. The summed E-state index contributed by atoms with van der Waals surface area (Å²) in [7, 11) is 0. The quantitative estimate of drug-likeness (QED) is 0.380. The van der Waals surface area contributed by atoms with E-state index in [9.17, 15) is 9.59 Å². The molecule has 0 amide bonds.